The molecule has 0 saturated carbocycles. The maximum Gasteiger partial charge on any atom is 0.317 e. The van der Waals surface area contributed by atoms with Crippen LogP contribution in [-0.2, 0) is 6.54 Å². The number of halogens is 1. The number of rotatable bonds is 7. The fourth-order valence-electron chi connectivity index (χ4n) is 2.04. The van der Waals surface area contributed by atoms with Gasteiger partial charge in [0.05, 0.1) is 18.8 Å². The molecule has 0 saturated heterocycles. The quantitative estimate of drug-likeness (QED) is 0.808. The Morgan fingerprint density at radius 3 is 2.64 bits per heavy atom. The van der Waals surface area contributed by atoms with Gasteiger partial charge in [-0.1, -0.05) is 17.7 Å². The highest BCUT2D eigenvalue weighted by atomic mass is 35.5. The molecule has 0 fully saturated rings. The number of nitrogens with one attached hydrogen (secondary N) is 1. The predicted molar refractivity (Wildman–Crippen MR) is 88.4 cm³/mol. The van der Waals surface area contributed by atoms with Crippen LogP contribution in [0, 0.1) is 0 Å². The molecule has 0 aliphatic carbocycles. The highest BCUT2D eigenvalue weighted by Crippen LogP contribution is 2.23. The highest BCUT2D eigenvalue weighted by molar-refractivity contribution is 6.30. The van der Waals surface area contributed by atoms with E-state index in [0.29, 0.717) is 30.5 Å². The van der Waals surface area contributed by atoms with Crippen molar-refractivity contribution in [2.24, 2.45) is 0 Å². The minimum Gasteiger partial charge on any atom is -0.493 e. The van der Waals surface area contributed by atoms with Gasteiger partial charge in [-0.2, -0.15) is 0 Å². The Morgan fingerprint density at radius 2 is 2.09 bits per heavy atom. The molecule has 0 aliphatic rings. The summed E-state index contributed by atoms with van der Waals surface area (Å²) in [6, 6.07) is 5.11. The summed E-state index contributed by atoms with van der Waals surface area (Å²) in [6.45, 7) is 8.78. The minimum absolute atomic E-state index is 0.220. The molecule has 0 atom stereocenters. The van der Waals surface area contributed by atoms with Crippen molar-refractivity contribution in [2.45, 2.75) is 39.8 Å². The van der Waals surface area contributed by atoms with Crippen molar-refractivity contribution in [3.8, 4) is 5.75 Å². The van der Waals surface area contributed by atoms with Crippen LogP contribution in [-0.4, -0.2) is 41.3 Å². The molecule has 5 nitrogen and oxygen atoms in total. The zero-order valence-corrected chi connectivity index (χ0v) is 14.4. The van der Waals surface area contributed by atoms with E-state index in [1.165, 1.54) is 0 Å². The number of carbonyl (C=O) groups is 1. The van der Waals surface area contributed by atoms with E-state index in [4.69, 9.17) is 16.3 Å². The lowest BCUT2D eigenvalue weighted by molar-refractivity contribution is 0.0479. The Balaban J connectivity index is 2.70. The predicted octanol–water partition coefficient (Wildman–Crippen LogP) is 3.04. The average Bonchev–Trinajstić information content (AvgIpc) is 2.43. The maximum atomic E-state index is 12.2. The molecule has 1 aromatic carbocycles. The van der Waals surface area contributed by atoms with Gasteiger partial charge in [-0.15, -0.1) is 0 Å². The van der Waals surface area contributed by atoms with Gasteiger partial charge in [0.2, 0.25) is 0 Å². The number of likely N-dealkylation sites (N-methyl/N-ethyl adjacent to an activating group) is 1. The first-order valence-electron chi connectivity index (χ1n) is 7.43. The summed E-state index contributed by atoms with van der Waals surface area (Å²) in [6.07, 6.45) is 0. The molecule has 0 spiro atoms. The number of benzene rings is 1. The molecule has 0 aromatic heterocycles. The van der Waals surface area contributed by atoms with Crippen molar-refractivity contribution in [3.05, 3.63) is 28.8 Å². The summed E-state index contributed by atoms with van der Waals surface area (Å²) < 4.78 is 5.53. The topological polar surface area (TPSA) is 61.8 Å². The summed E-state index contributed by atoms with van der Waals surface area (Å²) in [5.74, 6) is 0.667. The van der Waals surface area contributed by atoms with Crippen LogP contribution in [0.25, 0.3) is 0 Å². The summed E-state index contributed by atoms with van der Waals surface area (Å²) in [5, 5.41) is 13.3. The number of carbonyl (C=O) groups excluding carboxylic acids is 1. The number of aliphatic hydroxyl groups is 1. The second kappa shape index (κ2) is 8.25. The average molecular weight is 329 g/mol. The van der Waals surface area contributed by atoms with Crippen LogP contribution >= 0.6 is 11.6 Å². The zero-order chi connectivity index (χ0) is 16.8. The summed E-state index contributed by atoms with van der Waals surface area (Å²) in [4.78, 5) is 13.8. The van der Waals surface area contributed by atoms with Crippen molar-refractivity contribution in [1.29, 1.82) is 0 Å². The second-order valence-corrected chi connectivity index (χ2v) is 6.11. The maximum absolute atomic E-state index is 12.2. The molecule has 6 heteroatoms. The number of hydrogen-bond acceptors (Lipinski definition) is 3. The van der Waals surface area contributed by atoms with Gasteiger partial charge in [-0.3, -0.25) is 0 Å². The van der Waals surface area contributed by atoms with E-state index in [1.807, 2.05) is 19.9 Å². The van der Waals surface area contributed by atoms with Crippen LogP contribution in [0.2, 0.25) is 5.02 Å². The second-order valence-electron chi connectivity index (χ2n) is 5.67. The van der Waals surface area contributed by atoms with Crippen LogP contribution in [0.5, 0.6) is 5.75 Å². The smallest absolute Gasteiger partial charge is 0.317 e. The molecule has 124 valence electrons. The third-order valence-electron chi connectivity index (χ3n) is 3.01. The van der Waals surface area contributed by atoms with Gasteiger partial charge in [-0.25, -0.2) is 4.79 Å². The number of hydrogen-bond donors (Lipinski definition) is 2. The molecule has 22 heavy (non-hydrogen) atoms. The largest absolute Gasteiger partial charge is 0.493 e. The number of urea groups is 1. The van der Waals surface area contributed by atoms with E-state index < -0.39 is 5.60 Å². The summed E-state index contributed by atoms with van der Waals surface area (Å²) in [7, 11) is 0. The van der Waals surface area contributed by atoms with E-state index in [2.05, 4.69) is 5.32 Å². The standard InChI is InChI=1S/C16H25ClN2O3/c1-5-19(11-16(3,4)21)15(20)18-10-12-7-8-13(17)9-14(12)22-6-2/h7-9,21H,5-6,10-11H2,1-4H3,(H,18,20). The molecule has 2 N–H and O–H groups in total. The summed E-state index contributed by atoms with van der Waals surface area (Å²) in [5.41, 5.74) is -0.0664. The van der Waals surface area contributed by atoms with Crippen molar-refractivity contribution >= 4 is 17.6 Å². The molecule has 0 radical (unpaired) electrons. The lowest BCUT2D eigenvalue weighted by atomic mass is 10.1. The fourth-order valence-corrected chi connectivity index (χ4v) is 2.20. The highest BCUT2D eigenvalue weighted by Gasteiger charge is 2.21. The first-order chi connectivity index (χ1) is 10.3. The first kappa shape index (κ1) is 18.6. The number of ether oxygens (including phenoxy) is 1. The Hall–Kier alpha value is -1.46. The van der Waals surface area contributed by atoms with Gasteiger partial charge < -0.3 is 20.1 Å². The Morgan fingerprint density at radius 1 is 1.41 bits per heavy atom. The molecular formula is C16H25ClN2O3. The van der Waals surface area contributed by atoms with Gasteiger partial charge in [0.1, 0.15) is 5.75 Å². The number of amides is 2. The minimum atomic E-state index is -0.926. The van der Waals surface area contributed by atoms with Crippen LogP contribution in [0.3, 0.4) is 0 Å². The van der Waals surface area contributed by atoms with E-state index in [1.54, 1.807) is 30.9 Å². The Bertz CT molecular complexity index is 501. The third-order valence-corrected chi connectivity index (χ3v) is 3.24. The summed E-state index contributed by atoms with van der Waals surface area (Å²) >= 11 is 5.96. The molecular weight excluding hydrogens is 304 g/mol. The molecule has 1 aromatic rings. The lowest BCUT2D eigenvalue weighted by Crippen LogP contribution is -2.46. The normalized spacial score (nSPS) is 11.2. The molecule has 0 heterocycles. The van der Waals surface area contributed by atoms with E-state index in [0.717, 1.165) is 5.56 Å². The monoisotopic (exact) mass is 328 g/mol. The first-order valence-corrected chi connectivity index (χ1v) is 7.81. The fraction of sp³-hybridized carbons (Fsp3) is 0.562. The Labute approximate surface area is 137 Å². The third kappa shape index (κ3) is 6.12. The van der Waals surface area contributed by atoms with Gasteiger partial charge in [0, 0.05) is 23.7 Å². The van der Waals surface area contributed by atoms with E-state index in [9.17, 15) is 9.90 Å². The van der Waals surface area contributed by atoms with Crippen LogP contribution in [0.1, 0.15) is 33.3 Å². The van der Waals surface area contributed by atoms with Crippen molar-refractivity contribution in [3.63, 3.8) is 0 Å². The van der Waals surface area contributed by atoms with Crippen molar-refractivity contribution < 1.29 is 14.6 Å². The van der Waals surface area contributed by atoms with E-state index in [-0.39, 0.29) is 12.6 Å². The molecule has 0 unspecified atom stereocenters. The van der Waals surface area contributed by atoms with Crippen LogP contribution in [0.15, 0.2) is 18.2 Å². The molecule has 1 rings (SSSR count). The van der Waals surface area contributed by atoms with Gasteiger partial charge >= 0.3 is 6.03 Å². The van der Waals surface area contributed by atoms with Gasteiger partial charge in [0.25, 0.3) is 0 Å². The lowest BCUT2D eigenvalue weighted by Gasteiger charge is -2.28. The van der Waals surface area contributed by atoms with Crippen LogP contribution in [0.4, 0.5) is 4.79 Å². The molecule has 2 amide bonds. The van der Waals surface area contributed by atoms with Crippen molar-refractivity contribution in [2.75, 3.05) is 19.7 Å². The van der Waals surface area contributed by atoms with Gasteiger partial charge in [0.15, 0.2) is 0 Å². The zero-order valence-electron chi connectivity index (χ0n) is 13.6. The van der Waals surface area contributed by atoms with Crippen LogP contribution < -0.4 is 10.1 Å². The van der Waals surface area contributed by atoms with E-state index >= 15 is 0 Å². The van der Waals surface area contributed by atoms with Gasteiger partial charge in [-0.05, 0) is 39.8 Å². The SMILES string of the molecule is CCOc1cc(Cl)ccc1CNC(=O)N(CC)CC(C)(C)O. The Kier molecular flexibility index (Phi) is 6.97. The molecule has 0 aliphatic heterocycles. The number of nitrogens with zero attached hydrogens (tertiary/aromatic N) is 1. The van der Waals surface area contributed by atoms with Crippen molar-refractivity contribution in [1.82, 2.24) is 10.2 Å². The molecule has 0 bridgehead atoms.